The average Bonchev–Trinajstić information content (AvgIpc) is 3.02. The summed E-state index contributed by atoms with van der Waals surface area (Å²) in [5.41, 5.74) is 1.29. The van der Waals surface area contributed by atoms with Gasteiger partial charge < -0.3 is 10.1 Å². The van der Waals surface area contributed by atoms with E-state index in [2.05, 4.69) is 33.5 Å². The van der Waals surface area contributed by atoms with E-state index in [4.69, 9.17) is 4.74 Å². The van der Waals surface area contributed by atoms with Gasteiger partial charge in [0, 0.05) is 12.5 Å². The molecular formula is C16H15N3OS. The predicted octanol–water partition coefficient (Wildman–Crippen LogP) is 3.35. The van der Waals surface area contributed by atoms with E-state index in [1.54, 1.807) is 17.7 Å². The topological polar surface area (TPSA) is 47.0 Å². The second-order valence-corrected chi connectivity index (χ2v) is 6.13. The van der Waals surface area contributed by atoms with Crippen LogP contribution in [-0.4, -0.2) is 23.1 Å². The number of nitrogens with zero attached hydrogens (tertiary/aromatic N) is 2. The van der Waals surface area contributed by atoms with Crippen LogP contribution in [0.1, 0.15) is 5.56 Å². The smallest absolute Gasteiger partial charge is 0.138 e. The molecule has 106 valence electrons. The Kier molecular flexibility index (Phi) is 3.20. The van der Waals surface area contributed by atoms with Gasteiger partial charge in [-0.3, -0.25) is 0 Å². The fourth-order valence-electron chi connectivity index (χ4n) is 2.69. The van der Waals surface area contributed by atoms with E-state index in [-0.39, 0.29) is 0 Å². The van der Waals surface area contributed by atoms with Crippen LogP contribution < -0.4 is 10.1 Å². The molecule has 0 spiro atoms. The Hall–Kier alpha value is -2.14. The summed E-state index contributed by atoms with van der Waals surface area (Å²) in [7, 11) is 0. The molecule has 0 saturated heterocycles. The fraction of sp³-hybridized carbons (Fsp3) is 0.250. The van der Waals surface area contributed by atoms with Gasteiger partial charge in [0.15, 0.2) is 0 Å². The molecule has 1 aliphatic heterocycles. The zero-order valence-electron chi connectivity index (χ0n) is 11.5. The van der Waals surface area contributed by atoms with Crippen LogP contribution >= 0.6 is 11.3 Å². The van der Waals surface area contributed by atoms with E-state index in [1.807, 2.05) is 17.5 Å². The van der Waals surface area contributed by atoms with Crippen LogP contribution in [0.15, 0.2) is 42.0 Å². The number of ether oxygens (including phenoxy) is 1. The molecule has 21 heavy (non-hydrogen) atoms. The van der Waals surface area contributed by atoms with Gasteiger partial charge in [-0.15, -0.1) is 11.3 Å². The molecule has 0 radical (unpaired) electrons. The molecule has 5 heteroatoms. The molecule has 0 fully saturated rings. The minimum Gasteiger partial charge on any atom is -0.493 e. The monoisotopic (exact) mass is 297 g/mol. The van der Waals surface area contributed by atoms with Gasteiger partial charge in [-0.25, -0.2) is 9.97 Å². The van der Waals surface area contributed by atoms with E-state index in [9.17, 15) is 0 Å². The molecule has 3 aromatic rings. The second-order valence-electron chi connectivity index (χ2n) is 5.23. The first-order valence-electron chi connectivity index (χ1n) is 7.03. The Morgan fingerprint density at radius 2 is 2.19 bits per heavy atom. The molecule has 0 amide bonds. The summed E-state index contributed by atoms with van der Waals surface area (Å²) in [6.07, 6.45) is 2.66. The van der Waals surface area contributed by atoms with Crippen molar-refractivity contribution >= 4 is 27.4 Å². The number of thiophene rings is 1. The number of para-hydroxylation sites is 1. The molecule has 1 N–H and O–H groups in total. The number of rotatable bonds is 3. The van der Waals surface area contributed by atoms with Crippen LogP contribution in [0.5, 0.6) is 5.75 Å². The fourth-order valence-corrected chi connectivity index (χ4v) is 3.43. The number of nitrogens with one attached hydrogen (secondary N) is 1. The lowest BCUT2D eigenvalue weighted by Crippen LogP contribution is -2.27. The highest BCUT2D eigenvalue weighted by Crippen LogP contribution is 2.28. The summed E-state index contributed by atoms with van der Waals surface area (Å²) in [6.45, 7) is 1.61. The third-order valence-electron chi connectivity index (χ3n) is 3.78. The van der Waals surface area contributed by atoms with E-state index >= 15 is 0 Å². The first kappa shape index (κ1) is 12.6. The highest BCUT2D eigenvalue weighted by atomic mass is 32.1. The highest BCUT2D eigenvalue weighted by molar-refractivity contribution is 7.16. The van der Waals surface area contributed by atoms with Gasteiger partial charge >= 0.3 is 0 Å². The van der Waals surface area contributed by atoms with Gasteiger partial charge in [-0.05, 0) is 29.5 Å². The third kappa shape index (κ3) is 2.45. The summed E-state index contributed by atoms with van der Waals surface area (Å²) in [6, 6.07) is 10.3. The summed E-state index contributed by atoms with van der Waals surface area (Å²) in [5, 5.41) is 6.59. The number of anilines is 1. The Morgan fingerprint density at radius 3 is 3.19 bits per heavy atom. The molecule has 4 rings (SSSR count). The molecule has 0 aliphatic carbocycles. The molecule has 1 unspecified atom stereocenters. The van der Waals surface area contributed by atoms with Crippen molar-refractivity contribution in [3.8, 4) is 5.75 Å². The van der Waals surface area contributed by atoms with Gasteiger partial charge in [0.2, 0.25) is 0 Å². The van der Waals surface area contributed by atoms with Gasteiger partial charge in [0.1, 0.15) is 22.7 Å². The van der Waals surface area contributed by atoms with E-state index in [0.29, 0.717) is 5.92 Å². The largest absolute Gasteiger partial charge is 0.493 e. The van der Waals surface area contributed by atoms with E-state index in [0.717, 1.165) is 41.4 Å². The van der Waals surface area contributed by atoms with Crippen molar-refractivity contribution in [1.82, 2.24) is 9.97 Å². The molecule has 0 saturated carbocycles. The van der Waals surface area contributed by atoms with Crippen molar-refractivity contribution in [2.75, 3.05) is 18.5 Å². The molecular weight excluding hydrogens is 282 g/mol. The summed E-state index contributed by atoms with van der Waals surface area (Å²) < 4.78 is 5.83. The average molecular weight is 297 g/mol. The van der Waals surface area contributed by atoms with Crippen molar-refractivity contribution in [3.05, 3.63) is 47.6 Å². The van der Waals surface area contributed by atoms with Crippen LogP contribution in [0.2, 0.25) is 0 Å². The molecule has 1 aliphatic rings. The maximum Gasteiger partial charge on any atom is 0.138 e. The maximum absolute atomic E-state index is 5.83. The van der Waals surface area contributed by atoms with Gasteiger partial charge in [0.25, 0.3) is 0 Å². The Bertz CT molecular complexity index is 771. The molecule has 3 heterocycles. The zero-order chi connectivity index (χ0) is 14.1. The number of fused-ring (bicyclic) bond motifs is 2. The van der Waals surface area contributed by atoms with Crippen molar-refractivity contribution in [2.45, 2.75) is 6.42 Å². The molecule has 1 aromatic carbocycles. The lowest BCUT2D eigenvalue weighted by atomic mass is 9.97. The summed E-state index contributed by atoms with van der Waals surface area (Å²) in [4.78, 5) is 9.65. The Labute approximate surface area is 126 Å². The minimum absolute atomic E-state index is 0.462. The number of hydrogen-bond donors (Lipinski definition) is 1. The van der Waals surface area contributed by atoms with E-state index < -0.39 is 0 Å². The molecule has 4 nitrogen and oxygen atoms in total. The van der Waals surface area contributed by atoms with Crippen LogP contribution in [0, 0.1) is 5.92 Å². The van der Waals surface area contributed by atoms with Crippen LogP contribution in [0.3, 0.4) is 0 Å². The first-order valence-corrected chi connectivity index (χ1v) is 7.91. The van der Waals surface area contributed by atoms with Crippen molar-refractivity contribution in [3.63, 3.8) is 0 Å². The summed E-state index contributed by atoms with van der Waals surface area (Å²) >= 11 is 1.64. The van der Waals surface area contributed by atoms with Crippen molar-refractivity contribution in [2.24, 2.45) is 5.92 Å². The van der Waals surface area contributed by atoms with Crippen LogP contribution in [-0.2, 0) is 6.42 Å². The van der Waals surface area contributed by atoms with Gasteiger partial charge in [0.05, 0.1) is 12.0 Å². The third-order valence-corrected chi connectivity index (χ3v) is 4.60. The SMILES string of the molecule is c1ccc2c(c1)CC(CNc1ncnc3sccc13)CO2. The highest BCUT2D eigenvalue weighted by Gasteiger charge is 2.19. The van der Waals surface area contributed by atoms with Crippen molar-refractivity contribution < 1.29 is 4.74 Å². The quantitative estimate of drug-likeness (QED) is 0.805. The van der Waals surface area contributed by atoms with Gasteiger partial charge in [-0.2, -0.15) is 0 Å². The normalized spacial score (nSPS) is 17.2. The summed E-state index contributed by atoms with van der Waals surface area (Å²) in [5.74, 6) is 2.40. The lowest BCUT2D eigenvalue weighted by molar-refractivity contribution is 0.229. The maximum atomic E-state index is 5.83. The number of benzene rings is 1. The second kappa shape index (κ2) is 5.33. The molecule has 0 bridgehead atoms. The Balaban J connectivity index is 1.47. The number of aromatic nitrogens is 2. The Morgan fingerprint density at radius 1 is 1.24 bits per heavy atom. The van der Waals surface area contributed by atoms with Crippen molar-refractivity contribution in [1.29, 1.82) is 0 Å². The predicted molar refractivity (Wildman–Crippen MR) is 85.0 cm³/mol. The number of hydrogen-bond acceptors (Lipinski definition) is 5. The minimum atomic E-state index is 0.462. The first-order chi connectivity index (χ1) is 10.4. The molecule has 1 atom stereocenters. The van der Waals surface area contributed by atoms with Crippen LogP contribution in [0.4, 0.5) is 5.82 Å². The van der Waals surface area contributed by atoms with E-state index in [1.165, 1.54) is 5.56 Å². The standard InChI is InChI=1S/C16H15N3OS/c1-2-4-14-12(3-1)7-11(9-20-14)8-17-15-13-5-6-21-16(13)19-10-18-15/h1-6,10-11H,7-9H2,(H,17,18,19). The van der Waals surface area contributed by atoms with Gasteiger partial charge in [-0.1, -0.05) is 18.2 Å². The lowest BCUT2D eigenvalue weighted by Gasteiger charge is -2.25. The molecule has 2 aromatic heterocycles. The zero-order valence-corrected chi connectivity index (χ0v) is 12.3. The van der Waals surface area contributed by atoms with Crippen LogP contribution in [0.25, 0.3) is 10.2 Å².